The van der Waals surface area contributed by atoms with Crippen molar-refractivity contribution < 1.29 is 23.9 Å². The number of nitrogens with zero attached hydrogens (tertiary/aromatic N) is 1. The molecule has 0 bridgehead atoms. The van der Waals surface area contributed by atoms with Crippen LogP contribution in [0.3, 0.4) is 0 Å². The predicted molar refractivity (Wildman–Crippen MR) is 76.5 cm³/mol. The van der Waals surface area contributed by atoms with E-state index in [1.165, 1.54) is 19.2 Å². The van der Waals surface area contributed by atoms with Crippen LogP contribution in [0.5, 0.6) is 23.0 Å². The topological polar surface area (TPSA) is 80.1 Å². The maximum absolute atomic E-state index is 11.2. The van der Waals surface area contributed by atoms with E-state index in [0.29, 0.717) is 11.5 Å². The predicted octanol–water partition coefficient (Wildman–Crippen LogP) is 2.91. The van der Waals surface area contributed by atoms with E-state index in [1.54, 1.807) is 18.2 Å². The van der Waals surface area contributed by atoms with Gasteiger partial charge in [-0.2, -0.15) is 0 Å². The molecule has 2 aromatic carbocycles. The monoisotopic (exact) mass is 303 g/mol. The minimum atomic E-state index is -0.520. The molecule has 0 atom stereocenters. The average molecular weight is 303 g/mol. The van der Waals surface area contributed by atoms with Gasteiger partial charge in [0.25, 0.3) is 0 Å². The molecule has 114 valence electrons. The van der Waals surface area contributed by atoms with Crippen LogP contribution < -0.4 is 18.9 Å². The molecule has 3 rings (SSSR count). The highest BCUT2D eigenvalue weighted by molar-refractivity contribution is 5.57. The van der Waals surface area contributed by atoms with Gasteiger partial charge in [-0.05, 0) is 29.8 Å². The van der Waals surface area contributed by atoms with Gasteiger partial charge in [-0.1, -0.05) is 12.1 Å². The van der Waals surface area contributed by atoms with E-state index in [2.05, 4.69) is 0 Å². The lowest BCUT2D eigenvalue weighted by atomic mass is 10.2. The number of methoxy groups -OCH3 is 1. The highest BCUT2D eigenvalue weighted by Gasteiger charge is 2.22. The summed E-state index contributed by atoms with van der Waals surface area (Å²) in [6.07, 6.45) is 0. The Kier molecular flexibility index (Phi) is 3.69. The van der Waals surface area contributed by atoms with Gasteiger partial charge in [0.05, 0.1) is 12.0 Å². The fourth-order valence-electron chi connectivity index (χ4n) is 2.16. The molecule has 7 nitrogen and oxygen atoms in total. The second-order valence-corrected chi connectivity index (χ2v) is 4.54. The van der Waals surface area contributed by atoms with Crippen LogP contribution in [0.15, 0.2) is 36.4 Å². The van der Waals surface area contributed by atoms with Gasteiger partial charge >= 0.3 is 5.69 Å². The second-order valence-electron chi connectivity index (χ2n) is 4.54. The zero-order chi connectivity index (χ0) is 15.5. The van der Waals surface area contributed by atoms with Gasteiger partial charge in [0.15, 0.2) is 11.5 Å². The summed E-state index contributed by atoms with van der Waals surface area (Å²) in [6, 6.07) is 10.1. The number of rotatable bonds is 5. The number of hydrogen-bond acceptors (Lipinski definition) is 6. The lowest BCUT2D eigenvalue weighted by Gasteiger charge is -2.09. The summed E-state index contributed by atoms with van der Waals surface area (Å²) >= 11 is 0. The second kappa shape index (κ2) is 5.80. The van der Waals surface area contributed by atoms with E-state index in [-0.39, 0.29) is 30.6 Å². The molecule has 1 aliphatic rings. The molecule has 7 heteroatoms. The van der Waals surface area contributed by atoms with E-state index in [4.69, 9.17) is 18.9 Å². The third kappa shape index (κ3) is 2.60. The standard InChI is InChI=1S/C15H13NO6/c1-19-12-3-2-4-13(15(12)16(17)18)20-8-10-5-6-11-14(7-10)22-9-21-11/h2-7H,8-9H2,1H3. The van der Waals surface area contributed by atoms with E-state index in [0.717, 1.165) is 5.56 Å². The molecule has 0 fully saturated rings. The van der Waals surface area contributed by atoms with Crippen LogP contribution in [0.4, 0.5) is 5.69 Å². The van der Waals surface area contributed by atoms with Gasteiger partial charge in [0, 0.05) is 0 Å². The number of fused-ring (bicyclic) bond motifs is 1. The Balaban J connectivity index is 1.80. The fourth-order valence-corrected chi connectivity index (χ4v) is 2.16. The van der Waals surface area contributed by atoms with Gasteiger partial charge in [-0.25, -0.2) is 0 Å². The number of ether oxygens (including phenoxy) is 4. The molecule has 0 saturated heterocycles. The summed E-state index contributed by atoms with van der Waals surface area (Å²) in [5.41, 5.74) is 0.632. The van der Waals surface area contributed by atoms with Crippen molar-refractivity contribution in [2.24, 2.45) is 0 Å². The summed E-state index contributed by atoms with van der Waals surface area (Å²) in [5.74, 6) is 1.63. The first-order valence-electron chi connectivity index (χ1n) is 6.52. The zero-order valence-electron chi connectivity index (χ0n) is 11.8. The van der Waals surface area contributed by atoms with Crippen LogP contribution in [-0.2, 0) is 6.61 Å². The molecule has 22 heavy (non-hydrogen) atoms. The Morgan fingerprint density at radius 3 is 2.73 bits per heavy atom. The molecular weight excluding hydrogens is 290 g/mol. The van der Waals surface area contributed by atoms with Crippen molar-refractivity contribution in [2.45, 2.75) is 6.61 Å². The summed E-state index contributed by atoms with van der Waals surface area (Å²) in [4.78, 5) is 10.7. The average Bonchev–Trinajstić information content (AvgIpc) is 2.99. The highest BCUT2D eigenvalue weighted by Crippen LogP contribution is 2.37. The Labute approximate surface area is 126 Å². The Morgan fingerprint density at radius 1 is 1.18 bits per heavy atom. The summed E-state index contributed by atoms with van der Waals surface area (Å²) in [5, 5.41) is 11.2. The molecule has 0 radical (unpaired) electrons. The van der Waals surface area contributed by atoms with Crippen molar-refractivity contribution in [2.75, 3.05) is 13.9 Å². The van der Waals surface area contributed by atoms with E-state index >= 15 is 0 Å². The number of benzene rings is 2. The summed E-state index contributed by atoms with van der Waals surface area (Å²) in [6.45, 7) is 0.367. The molecular formula is C15H13NO6. The molecule has 1 aliphatic heterocycles. The number of nitro benzene ring substituents is 1. The lowest BCUT2D eigenvalue weighted by molar-refractivity contribution is -0.386. The minimum Gasteiger partial charge on any atom is -0.490 e. The normalized spacial score (nSPS) is 12.0. The third-order valence-electron chi connectivity index (χ3n) is 3.20. The Morgan fingerprint density at radius 2 is 1.95 bits per heavy atom. The SMILES string of the molecule is COc1cccc(OCc2ccc3c(c2)OCO3)c1[N+](=O)[O-]. The summed E-state index contributed by atoms with van der Waals surface area (Å²) in [7, 11) is 1.38. The van der Waals surface area contributed by atoms with Crippen LogP contribution in [0.2, 0.25) is 0 Å². The molecule has 0 N–H and O–H groups in total. The molecule has 0 spiro atoms. The van der Waals surface area contributed by atoms with Crippen molar-refractivity contribution >= 4 is 5.69 Å². The first kappa shape index (κ1) is 14.0. The summed E-state index contributed by atoms with van der Waals surface area (Å²) < 4.78 is 21.1. The lowest BCUT2D eigenvalue weighted by Crippen LogP contribution is -2.01. The Hall–Kier alpha value is -2.96. The van der Waals surface area contributed by atoms with Crippen molar-refractivity contribution in [1.29, 1.82) is 0 Å². The molecule has 0 aromatic heterocycles. The van der Waals surface area contributed by atoms with E-state index < -0.39 is 4.92 Å². The van der Waals surface area contributed by atoms with Crippen LogP contribution in [0.25, 0.3) is 0 Å². The zero-order valence-corrected chi connectivity index (χ0v) is 11.8. The van der Waals surface area contributed by atoms with Crippen LogP contribution in [0, 0.1) is 10.1 Å². The third-order valence-corrected chi connectivity index (χ3v) is 3.20. The maximum Gasteiger partial charge on any atom is 0.352 e. The molecule has 2 aromatic rings. The van der Waals surface area contributed by atoms with Crippen molar-refractivity contribution in [1.82, 2.24) is 0 Å². The van der Waals surface area contributed by atoms with E-state index in [1.807, 2.05) is 6.07 Å². The largest absolute Gasteiger partial charge is 0.490 e. The van der Waals surface area contributed by atoms with Crippen LogP contribution >= 0.6 is 0 Å². The molecule has 0 saturated carbocycles. The van der Waals surface area contributed by atoms with Crippen LogP contribution in [-0.4, -0.2) is 18.8 Å². The first-order valence-corrected chi connectivity index (χ1v) is 6.52. The van der Waals surface area contributed by atoms with Crippen LogP contribution in [0.1, 0.15) is 5.56 Å². The van der Waals surface area contributed by atoms with E-state index in [9.17, 15) is 10.1 Å². The first-order chi connectivity index (χ1) is 10.7. The maximum atomic E-state index is 11.2. The number of nitro groups is 1. The quantitative estimate of drug-likeness (QED) is 0.624. The van der Waals surface area contributed by atoms with Crippen molar-refractivity contribution in [3.05, 3.63) is 52.1 Å². The number of para-hydroxylation sites is 1. The Bertz CT molecular complexity index is 715. The van der Waals surface area contributed by atoms with Crippen molar-refractivity contribution in [3.8, 4) is 23.0 Å². The van der Waals surface area contributed by atoms with Crippen molar-refractivity contribution in [3.63, 3.8) is 0 Å². The fraction of sp³-hybridized carbons (Fsp3) is 0.200. The minimum absolute atomic E-state index is 0.155. The highest BCUT2D eigenvalue weighted by atomic mass is 16.7. The van der Waals surface area contributed by atoms with Gasteiger partial charge in [-0.3, -0.25) is 10.1 Å². The molecule has 1 heterocycles. The molecule has 0 unspecified atom stereocenters. The van der Waals surface area contributed by atoms with Gasteiger partial charge in [-0.15, -0.1) is 0 Å². The molecule has 0 aliphatic carbocycles. The van der Waals surface area contributed by atoms with Gasteiger partial charge in [0.2, 0.25) is 18.3 Å². The smallest absolute Gasteiger partial charge is 0.352 e. The van der Waals surface area contributed by atoms with Gasteiger partial charge in [0.1, 0.15) is 6.61 Å². The molecule has 0 amide bonds. The van der Waals surface area contributed by atoms with Gasteiger partial charge < -0.3 is 18.9 Å². The number of hydrogen-bond donors (Lipinski definition) is 0.